The topological polar surface area (TPSA) is 47.4 Å². The molecule has 0 aliphatic rings. The number of aromatic nitrogens is 2. The van der Waals surface area contributed by atoms with Crippen molar-refractivity contribution >= 4 is 5.91 Å². The van der Waals surface area contributed by atoms with Crippen LogP contribution in [0.1, 0.15) is 23.9 Å². The molecule has 0 aliphatic carbocycles. The van der Waals surface area contributed by atoms with E-state index in [4.69, 9.17) is 4.74 Å². The monoisotopic (exact) mass is 253 g/mol. The van der Waals surface area contributed by atoms with Crippen molar-refractivity contribution in [3.63, 3.8) is 0 Å². The van der Waals surface area contributed by atoms with E-state index in [1.54, 1.807) is 23.7 Å². The van der Waals surface area contributed by atoms with Gasteiger partial charge < -0.3 is 9.64 Å². The van der Waals surface area contributed by atoms with Crippen molar-refractivity contribution in [2.75, 3.05) is 20.7 Å². The number of hydrogen-bond acceptors (Lipinski definition) is 3. The molecule has 0 N–H and O–H groups in total. The molecule has 1 unspecified atom stereocenters. The number of amides is 1. The molecular formula is C13H23N3O2. The van der Waals surface area contributed by atoms with Gasteiger partial charge in [0.1, 0.15) is 6.54 Å². The fourth-order valence-corrected chi connectivity index (χ4v) is 1.75. The quantitative estimate of drug-likeness (QED) is 0.794. The summed E-state index contributed by atoms with van der Waals surface area (Å²) in [5.74, 6) is 0.0458. The van der Waals surface area contributed by atoms with Crippen LogP contribution in [0.4, 0.5) is 0 Å². The van der Waals surface area contributed by atoms with Gasteiger partial charge in [0.15, 0.2) is 0 Å². The van der Waals surface area contributed by atoms with Crippen LogP contribution in [0.15, 0.2) is 0 Å². The first kappa shape index (κ1) is 14.7. The number of carbonyl (C=O) groups excluding carboxylic acids is 1. The molecular weight excluding hydrogens is 230 g/mol. The number of rotatable bonds is 5. The zero-order valence-corrected chi connectivity index (χ0v) is 12.1. The first-order valence-corrected chi connectivity index (χ1v) is 6.14. The summed E-state index contributed by atoms with van der Waals surface area (Å²) < 4.78 is 6.92. The molecule has 1 rings (SSSR count). The van der Waals surface area contributed by atoms with Gasteiger partial charge in [0.05, 0.1) is 11.8 Å². The molecule has 1 heterocycles. The Morgan fingerprint density at radius 2 is 2.06 bits per heavy atom. The fraction of sp³-hybridized carbons (Fsp3) is 0.692. The van der Waals surface area contributed by atoms with Crippen LogP contribution in [0.25, 0.3) is 0 Å². The Bertz CT molecular complexity index is 426. The summed E-state index contributed by atoms with van der Waals surface area (Å²) in [5, 5.41) is 4.37. The number of ether oxygens (including phenoxy) is 1. The zero-order chi connectivity index (χ0) is 13.9. The number of methoxy groups -OCH3 is 1. The normalized spacial score (nSPS) is 12.6. The lowest BCUT2D eigenvalue weighted by molar-refractivity contribution is -0.132. The summed E-state index contributed by atoms with van der Waals surface area (Å²) in [7, 11) is 3.43. The highest BCUT2D eigenvalue weighted by molar-refractivity contribution is 5.75. The van der Waals surface area contributed by atoms with Crippen LogP contribution in [0.2, 0.25) is 0 Å². The third kappa shape index (κ3) is 3.32. The number of hydrogen-bond donors (Lipinski definition) is 0. The summed E-state index contributed by atoms with van der Waals surface area (Å²) in [4.78, 5) is 13.7. The van der Waals surface area contributed by atoms with E-state index in [0.29, 0.717) is 6.54 Å². The van der Waals surface area contributed by atoms with Gasteiger partial charge in [-0.05, 0) is 33.3 Å². The summed E-state index contributed by atoms with van der Waals surface area (Å²) in [5.41, 5.74) is 3.18. The molecule has 0 radical (unpaired) electrons. The largest absolute Gasteiger partial charge is 0.380 e. The van der Waals surface area contributed by atoms with Crippen molar-refractivity contribution in [2.24, 2.45) is 0 Å². The third-order valence-electron chi connectivity index (χ3n) is 3.39. The molecule has 0 aliphatic heterocycles. The molecule has 0 fully saturated rings. The van der Waals surface area contributed by atoms with Gasteiger partial charge in [0.2, 0.25) is 5.91 Å². The van der Waals surface area contributed by atoms with Crippen LogP contribution in [0.3, 0.4) is 0 Å². The van der Waals surface area contributed by atoms with Crippen molar-refractivity contribution in [1.29, 1.82) is 0 Å². The van der Waals surface area contributed by atoms with E-state index in [2.05, 4.69) is 5.10 Å². The van der Waals surface area contributed by atoms with Crippen LogP contribution in [0, 0.1) is 20.8 Å². The Kier molecular flexibility index (Phi) is 4.90. The number of carbonyl (C=O) groups is 1. The summed E-state index contributed by atoms with van der Waals surface area (Å²) in [6, 6.07) is 0. The van der Waals surface area contributed by atoms with Crippen LogP contribution in [-0.4, -0.2) is 47.4 Å². The first-order chi connectivity index (χ1) is 8.36. The van der Waals surface area contributed by atoms with Gasteiger partial charge in [-0.1, -0.05) is 0 Å². The van der Waals surface area contributed by atoms with Gasteiger partial charge in [-0.3, -0.25) is 9.48 Å². The first-order valence-electron chi connectivity index (χ1n) is 6.14. The summed E-state index contributed by atoms with van der Waals surface area (Å²) >= 11 is 0. The average molecular weight is 253 g/mol. The lowest BCUT2D eigenvalue weighted by Gasteiger charge is -2.21. The Labute approximate surface area is 109 Å². The maximum atomic E-state index is 12.0. The average Bonchev–Trinajstić information content (AvgIpc) is 2.56. The lowest BCUT2D eigenvalue weighted by atomic mass is 10.2. The molecule has 5 nitrogen and oxygen atoms in total. The second kappa shape index (κ2) is 6.00. The summed E-state index contributed by atoms with van der Waals surface area (Å²) in [6.45, 7) is 8.79. The summed E-state index contributed by atoms with van der Waals surface area (Å²) in [6.07, 6.45) is 0.0427. The fourth-order valence-electron chi connectivity index (χ4n) is 1.75. The maximum Gasteiger partial charge on any atom is 0.244 e. The van der Waals surface area contributed by atoms with Crippen LogP contribution < -0.4 is 0 Å². The highest BCUT2D eigenvalue weighted by Crippen LogP contribution is 2.11. The minimum atomic E-state index is 0.0427. The van der Waals surface area contributed by atoms with Gasteiger partial charge >= 0.3 is 0 Å². The minimum Gasteiger partial charge on any atom is -0.380 e. The van der Waals surface area contributed by atoms with E-state index < -0.39 is 0 Å². The Hall–Kier alpha value is -1.36. The Balaban J connectivity index is 2.67. The number of likely N-dealkylation sites (N-methyl/N-ethyl adjacent to an activating group) is 1. The van der Waals surface area contributed by atoms with Crippen LogP contribution >= 0.6 is 0 Å². The number of nitrogens with zero attached hydrogens (tertiary/aromatic N) is 3. The molecule has 0 aromatic carbocycles. The molecule has 0 saturated heterocycles. The van der Waals surface area contributed by atoms with Crippen molar-refractivity contribution in [3.05, 3.63) is 17.0 Å². The molecule has 0 spiro atoms. The zero-order valence-electron chi connectivity index (χ0n) is 12.1. The molecule has 0 bridgehead atoms. The van der Waals surface area contributed by atoms with E-state index in [-0.39, 0.29) is 18.6 Å². The van der Waals surface area contributed by atoms with Gasteiger partial charge in [-0.15, -0.1) is 0 Å². The second-order valence-electron chi connectivity index (χ2n) is 4.77. The molecule has 1 amide bonds. The third-order valence-corrected chi connectivity index (χ3v) is 3.39. The predicted octanol–water partition coefficient (Wildman–Crippen LogP) is 1.30. The van der Waals surface area contributed by atoms with Crippen molar-refractivity contribution in [3.8, 4) is 0 Å². The molecule has 1 aromatic heterocycles. The van der Waals surface area contributed by atoms with E-state index in [1.807, 2.05) is 27.7 Å². The lowest BCUT2D eigenvalue weighted by Crippen LogP contribution is -2.36. The van der Waals surface area contributed by atoms with E-state index in [1.165, 1.54) is 0 Å². The SMILES string of the molecule is COC(C)CN(C)C(=O)Cn1nc(C)c(C)c1C. The number of aryl methyl sites for hydroxylation is 1. The van der Waals surface area contributed by atoms with Crippen LogP contribution in [0.5, 0.6) is 0 Å². The highest BCUT2D eigenvalue weighted by atomic mass is 16.5. The minimum absolute atomic E-state index is 0.0427. The van der Waals surface area contributed by atoms with Gasteiger partial charge in [0.25, 0.3) is 0 Å². The molecule has 18 heavy (non-hydrogen) atoms. The van der Waals surface area contributed by atoms with Gasteiger partial charge in [-0.2, -0.15) is 5.10 Å². The van der Waals surface area contributed by atoms with Gasteiger partial charge in [0, 0.05) is 26.4 Å². The molecule has 5 heteroatoms. The van der Waals surface area contributed by atoms with E-state index in [9.17, 15) is 4.79 Å². The maximum absolute atomic E-state index is 12.0. The molecule has 102 valence electrons. The Morgan fingerprint density at radius 3 is 2.50 bits per heavy atom. The highest BCUT2D eigenvalue weighted by Gasteiger charge is 2.15. The van der Waals surface area contributed by atoms with Crippen molar-refractivity contribution in [1.82, 2.24) is 14.7 Å². The molecule has 1 aromatic rings. The van der Waals surface area contributed by atoms with E-state index in [0.717, 1.165) is 17.0 Å². The van der Waals surface area contributed by atoms with Gasteiger partial charge in [-0.25, -0.2) is 0 Å². The standard InChI is InChI=1S/C13H23N3O2/c1-9(18-6)7-15(5)13(17)8-16-12(4)10(2)11(3)14-16/h9H,7-8H2,1-6H3. The van der Waals surface area contributed by atoms with Crippen molar-refractivity contribution in [2.45, 2.75) is 40.3 Å². The van der Waals surface area contributed by atoms with Crippen molar-refractivity contribution < 1.29 is 9.53 Å². The van der Waals surface area contributed by atoms with Crippen LogP contribution in [-0.2, 0) is 16.1 Å². The molecule has 1 atom stereocenters. The smallest absolute Gasteiger partial charge is 0.244 e. The Morgan fingerprint density at radius 1 is 1.44 bits per heavy atom. The second-order valence-corrected chi connectivity index (χ2v) is 4.77. The van der Waals surface area contributed by atoms with E-state index >= 15 is 0 Å². The molecule has 0 saturated carbocycles. The predicted molar refractivity (Wildman–Crippen MR) is 70.5 cm³/mol.